The fourth-order valence-corrected chi connectivity index (χ4v) is 2.58. The number of benzene rings is 1. The zero-order valence-corrected chi connectivity index (χ0v) is 12.3. The number of amides is 1. The topological polar surface area (TPSA) is 41.1 Å². The van der Waals surface area contributed by atoms with Gasteiger partial charge in [-0.25, -0.2) is 0 Å². The highest BCUT2D eigenvalue weighted by molar-refractivity contribution is 6.31. The number of carbonyl (C=O) groups is 1. The lowest BCUT2D eigenvalue weighted by Crippen LogP contribution is -2.42. The first-order chi connectivity index (χ1) is 9.06. The highest BCUT2D eigenvalue weighted by Gasteiger charge is 2.20. The van der Waals surface area contributed by atoms with Gasteiger partial charge in [0, 0.05) is 16.8 Å². The lowest BCUT2D eigenvalue weighted by Gasteiger charge is -2.19. The summed E-state index contributed by atoms with van der Waals surface area (Å²) >= 11 is 6.07. The summed E-state index contributed by atoms with van der Waals surface area (Å²) in [4.78, 5) is 12.0. The van der Waals surface area contributed by atoms with Crippen molar-refractivity contribution in [1.29, 1.82) is 0 Å². The SMILES string of the molecule is Cc1ccc(N[C@@H](C)C(=O)NC2CCCC2)cc1Cl. The van der Waals surface area contributed by atoms with Gasteiger partial charge in [-0.2, -0.15) is 0 Å². The van der Waals surface area contributed by atoms with E-state index in [1.807, 2.05) is 32.0 Å². The number of carbonyl (C=O) groups excluding carboxylic acids is 1. The van der Waals surface area contributed by atoms with Crippen molar-refractivity contribution in [1.82, 2.24) is 5.32 Å². The molecule has 1 amide bonds. The molecule has 0 bridgehead atoms. The van der Waals surface area contributed by atoms with Crippen molar-refractivity contribution < 1.29 is 4.79 Å². The summed E-state index contributed by atoms with van der Waals surface area (Å²) in [5, 5.41) is 6.99. The zero-order valence-electron chi connectivity index (χ0n) is 11.5. The minimum Gasteiger partial charge on any atom is -0.374 e. The summed E-state index contributed by atoms with van der Waals surface area (Å²) in [6.07, 6.45) is 4.66. The molecule has 3 nitrogen and oxygen atoms in total. The van der Waals surface area contributed by atoms with Crippen LogP contribution in [0.1, 0.15) is 38.2 Å². The van der Waals surface area contributed by atoms with Gasteiger partial charge in [0.15, 0.2) is 0 Å². The van der Waals surface area contributed by atoms with E-state index < -0.39 is 0 Å². The minimum absolute atomic E-state index is 0.0589. The normalized spacial score (nSPS) is 17.2. The molecule has 19 heavy (non-hydrogen) atoms. The molecule has 0 radical (unpaired) electrons. The lowest BCUT2D eigenvalue weighted by atomic mass is 10.2. The molecule has 1 fully saturated rings. The van der Waals surface area contributed by atoms with Gasteiger partial charge in [0.05, 0.1) is 0 Å². The highest BCUT2D eigenvalue weighted by atomic mass is 35.5. The molecule has 104 valence electrons. The molecule has 2 N–H and O–H groups in total. The van der Waals surface area contributed by atoms with E-state index in [-0.39, 0.29) is 11.9 Å². The Morgan fingerprint density at radius 2 is 2.05 bits per heavy atom. The summed E-state index contributed by atoms with van der Waals surface area (Å²) in [5.41, 5.74) is 1.92. The van der Waals surface area contributed by atoms with E-state index in [0.717, 1.165) is 24.1 Å². The molecule has 0 aliphatic heterocycles. The van der Waals surface area contributed by atoms with E-state index in [9.17, 15) is 4.79 Å². The van der Waals surface area contributed by atoms with Crippen LogP contribution in [-0.4, -0.2) is 18.0 Å². The first kappa shape index (κ1) is 14.2. The second kappa shape index (κ2) is 6.29. The van der Waals surface area contributed by atoms with Crippen LogP contribution in [0.3, 0.4) is 0 Å². The fraction of sp³-hybridized carbons (Fsp3) is 0.533. The van der Waals surface area contributed by atoms with E-state index in [2.05, 4.69) is 10.6 Å². The third-order valence-corrected chi connectivity index (χ3v) is 4.06. The van der Waals surface area contributed by atoms with Crippen LogP contribution in [0.25, 0.3) is 0 Å². The Morgan fingerprint density at radius 3 is 2.68 bits per heavy atom. The van der Waals surface area contributed by atoms with Gasteiger partial charge in [-0.15, -0.1) is 0 Å². The number of nitrogens with one attached hydrogen (secondary N) is 2. The molecule has 0 heterocycles. The Morgan fingerprint density at radius 1 is 1.37 bits per heavy atom. The van der Waals surface area contributed by atoms with Crippen LogP contribution in [0, 0.1) is 6.92 Å². The van der Waals surface area contributed by atoms with Crippen LogP contribution >= 0.6 is 11.6 Å². The van der Waals surface area contributed by atoms with Crippen LogP contribution in [0.15, 0.2) is 18.2 Å². The van der Waals surface area contributed by atoms with Gasteiger partial charge in [-0.1, -0.05) is 30.5 Å². The summed E-state index contributed by atoms with van der Waals surface area (Å²) in [5.74, 6) is 0.0589. The Balaban J connectivity index is 1.90. The molecule has 1 atom stereocenters. The fourth-order valence-electron chi connectivity index (χ4n) is 2.39. The molecule has 1 aromatic carbocycles. The molecule has 4 heteroatoms. The quantitative estimate of drug-likeness (QED) is 0.886. The molecule has 1 aliphatic rings. The van der Waals surface area contributed by atoms with E-state index in [0.29, 0.717) is 11.1 Å². The van der Waals surface area contributed by atoms with Crippen molar-refractivity contribution in [2.75, 3.05) is 5.32 Å². The predicted octanol–water partition coefficient (Wildman–Crippen LogP) is 3.51. The van der Waals surface area contributed by atoms with Crippen molar-refractivity contribution in [3.8, 4) is 0 Å². The van der Waals surface area contributed by atoms with E-state index in [4.69, 9.17) is 11.6 Å². The third kappa shape index (κ3) is 3.87. The van der Waals surface area contributed by atoms with Gasteiger partial charge in [-0.3, -0.25) is 4.79 Å². The number of rotatable bonds is 4. The van der Waals surface area contributed by atoms with E-state index in [1.54, 1.807) is 0 Å². The van der Waals surface area contributed by atoms with Crippen molar-refractivity contribution in [2.45, 2.75) is 51.6 Å². The van der Waals surface area contributed by atoms with Gasteiger partial charge >= 0.3 is 0 Å². The molecular weight excluding hydrogens is 260 g/mol. The lowest BCUT2D eigenvalue weighted by molar-refractivity contribution is -0.122. The molecule has 2 rings (SSSR count). The second-order valence-electron chi connectivity index (χ2n) is 5.32. The number of hydrogen-bond acceptors (Lipinski definition) is 2. The maximum absolute atomic E-state index is 12.0. The second-order valence-corrected chi connectivity index (χ2v) is 5.73. The Hall–Kier alpha value is -1.22. The summed E-state index contributed by atoms with van der Waals surface area (Å²) in [7, 11) is 0. The Bertz CT molecular complexity index is 455. The minimum atomic E-state index is -0.251. The average molecular weight is 281 g/mol. The molecule has 1 aliphatic carbocycles. The highest BCUT2D eigenvalue weighted by Crippen LogP contribution is 2.21. The van der Waals surface area contributed by atoms with Gasteiger partial charge in [0.1, 0.15) is 6.04 Å². The molecule has 1 saturated carbocycles. The molecule has 0 unspecified atom stereocenters. The molecule has 1 aromatic rings. The summed E-state index contributed by atoms with van der Waals surface area (Å²) in [6, 6.07) is 5.86. The average Bonchev–Trinajstić information content (AvgIpc) is 2.86. The van der Waals surface area contributed by atoms with Crippen LogP contribution in [0.2, 0.25) is 5.02 Å². The Kier molecular flexibility index (Phi) is 4.70. The van der Waals surface area contributed by atoms with E-state index in [1.165, 1.54) is 12.8 Å². The zero-order chi connectivity index (χ0) is 13.8. The third-order valence-electron chi connectivity index (χ3n) is 3.65. The van der Waals surface area contributed by atoms with Gasteiger partial charge in [-0.05, 0) is 44.4 Å². The number of anilines is 1. The Labute approximate surface area is 119 Å². The summed E-state index contributed by atoms with van der Waals surface area (Å²) in [6.45, 7) is 3.83. The number of hydrogen-bond donors (Lipinski definition) is 2. The van der Waals surface area contributed by atoms with Crippen LogP contribution in [0.5, 0.6) is 0 Å². The van der Waals surface area contributed by atoms with Crippen molar-refractivity contribution in [3.05, 3.63) is 28.8 Å². The number of aryl methyl sites for hydroxylation is 1. The van der Waals surface area contributed by atoms with Crippen molar-refractivity contribution in [2.24, 2.45) is 0 Å². The van der Waals surface area contributed by atoms with Crippen molar-refractivity contribution in [3.63, 3.8) is 0 Å². The molecule has 0 saturated heterocycles. The molecule has 0 aromatic heterocycles. The molecular formula is C15H21ClN2O. The maximum atomic E-state index is 12.0. The van der Waals surface area contributed by atoms with Gasteiger partial charge in [0.25, 0.3) is 0 Å². The number of halogens is 1. The van der Waals surface area contributed by atoms with Gasteiger partial charge < -0.3 is 10.6 Å². The molecule has 0 spiro atoms. The smallest absolute Gasteiger partial charge is 0.242 e. The van der Waals surface area contributed by atoms with Crippen LogP contribution in [-0.2, 0) is 4.79 Å². The largest absolute Gasteiger partial charge is 0.374 e. The summed E-state index contributed by atoms with van der Waals surface area (Å²) < 4.78 is 0. The maximum Gasteiger partial charge on any atom is 0.242 e. The van der Waals surface area contributed by atoms with Gasteiger partial charge in [0.2, 0.25) is 5.91 Å². The first-order valence-corrected chi connectivity index (χ1v) is 7.27. The monoisotopic (exact) mass is 280 g/mol. The van der Waals surface area contributed by atoms with Crippen LogP contribution in [0.4, 0.5) is 5.69 Å². The standard InChI is InChI=1S/C15H21ClN2O/c1-10-7-8-13(9-14(10)16)17-11(2)15(19)18-12-5-3-4-6-12/h7-9,11-12,17H,3-6H2,1-2H3,(H,18,19)/t11-/m0/s1. The van der Waals surface area contributed by atoms with Crippen molar-refractivity contribution >= 4 is 23.2 Å². The van der Waals surface area contributed by atoms with E-state index >= 15 is 0 Å². The first-order valence-electron chi connectivity index (χ1n) is 6.89. The predicted molar refractivity (Wildman–Crippen MR) is 79.7 cm³/mol. The van der Waals surface area contributed by atoms with Crippen LogP contribution < -0.4 is 10.6 Å².